The summed E-state index contributed by atoms with van der Waals surface area (Å²) in [7, 11) is 0. The third-order valence-electron chi connectivity index (χ3n) is 2.29. The maximum absolute atomic E-state index is 13.2. The molecule has 0 radical (unpaired) electrons. The Kier molecular flexibility index (Phi) is 2.99. The smallest absolute Gasteiger partial charge is 0.142 e. The summed E-state index contributed by atoms with van der Waals surface area (Å²) in [5, 5.41) is 9.95. The van der Waals surface area contributed by atoms with E-state index >= 15 is 0 Å². The van der Waals surface area contributed by atoms with E-state index in [-0.39, 0.29) is 5.02 Å². The molecule has 0 amide bonds. The molecule has 1 unspecified atom stereocenters. The molecule has 1 aromatic carbocycles. The first kappa shape index (κ1) is 11.2. The van der Waals surface area contributed by atoms with Gasteiger partial charge in [-0.05, 0) is 36.8 Å². The molecule has 0 bridgehead atoms. The number of aryl methyl sites for hydroxylation is 1. The molecule has 0 spiro atoms. The molecule has 0 saturated carbocycles. The van der Waals surface area contributed by atoms with E-state index in [1.165, 1.54) is 12.1 Å². The van der Waals surface area contributed by atoms with Gasteiger partial charge in [-0.3, -0.25) is 0 Å². The van der Waals surface area contributed by atoms with Crippen LogP contribution in [0.25, 0.3) is 0 Å². The summed E-state index contributed by atoms with van der Waals surface area (Å²) in [5.41, 5.74) is 0.413. The Morgan fingerprint density at radius 1 is 1.31 bits per heavy atom. The quantitative estimate of drug-likeness (QED) is 0.872. The van der Waals surface area contributed by atoms with Gasteiger partial charge in [0.15, 0.2) is 0 Å². The van der Waals surface area contributed by atoms with Crippen LogP contribution in [0.15, 0.2) is 34.7 Å². The molecule has 0 aliphatic heterocycles. The maximum Gasteiger partial charge on any atom is 0.142 e. The second kappa shape index (κ2) is 4.28. The molecule has 2 rings (SSSR count). The van der Waals surface area contributed by atoms with E-state index < -0.39 is 11.9 Å². The Bertz CT molecular complexity index is 507. The van der Waals surface area contributed by atoms with Crippen LogP contribution in [0.3, 0.4) is 0 Å². The molecule has 16 heavy (non-hydrogen) atoms. The van der Waals surface area contributed by atoms with Crippen molar-refractivity contribution in [1.29, 1.82) is 0 Å². The number of hydrogen-bond donors (Lipinski definition) is 1. The van der Waals surface area contributed by atoms with Gasteiger partial charge in [-0.25, -0.2) is 4.39 Å². The molecule has 1 atom stereocenters. The lowest BCUT2D eigenvalue weighted by Gasteiger charge is -2.08. The van der Waals surface area contributed by atoms with Crippen molar-refractivity contribution in [1.82, 2.24) is 0 Å². The van der Waals surface area contributed by atoms with Crippen molar-refractivity contribution in [2.45, 2.75) is 13.0 Å². The molecule has 0 aliphatic rings. The second-order valence-electron chi connectivity index (χ2n) is 3.52. The normalized spacial score (nSPS) is 12.8. The Hall–Kier alpha value is -1.32. The van der Waals surface area contributed by atoms with E-state index in [1.54, 1.807) is 25.1 Å². The third kappa shape index (κ3) is 2.10. The standard InChI is InChI=1S/C12H10ClFO2/c1-7-2-5-11(16-7)12(15)8-3-4-9(13)10(14)6-8/h2-6,12,15H,1H3. The number of halogens is 2. The average Bonchev–Trinajstić information content (AvgIpc) is 2.68. The van der Waals surface area contributed by atoms with Crippen molar-refractivity contribution < 1.29 is 13.9 Å². The lowest BCUT2D eigenvalue weighted by Crippen LogP contribution is -1.98. The van der Waals surface area contributed by atoms with E-state index in [4.69, 9.17) is 16.0 Å². The minimum Gasteiger partial charge on any atom is -0.463 e. The van der Waals surface area contributed by atoms with Gasteiger partial charge in [0, 0.05) is 0 Å². The van der Waals surface area contributed by atoms with E-state index in [2.05, 4.69) is 0 Å². The highest BCUT2D eigenvalue weighted by molar-refractivity contribution is 6.30. The van der Waals surface area contributed by atoms with E-state index in [9.17, 15) is 9.50 Å². The van der Waals surface area contributed by atoms with Crippen LogP contribution in [-0.2, 0) is 0 Å². The van der Waals surface area contributed by atoms with E-state index in [1.807, 2.05) is 0 Å². The molecule has 0 fully saturated rings. The second-order valence-corrected chi connectivity index (χ2v) is 3.93. The minimum absolute atomic E-state index is 0.0339. The fourth-order valence-electron chi connectivity index (χ4n) is 1.45. The van der Waals surface area contributed by atoms with E-state index in [0.717, 1.165) is 0 Å². The van der Waals surface area contributed by atoms with Crippen LogP contribution in [-0.4, -0.2) is 5.11 Å². The highest BCUT2D eigenvalue weighted by Crippen LogP contribution is 2.26. The van der Waals surface area contributed by atoms with E-state index in [0.29, 0.717) is 17.1 Å². The number of aliphatic hydroxyl groups excluding tert-OH is 1. The molecule has 1 heterocycles. The summed E-state index contributed by atoms with van der Waals surface area (Å²) in [4.78, 5) is 0. The SMILES string of the molecule is Cc1ccc(C(O)c2ccc(Cl)c(F)c2)o1. The van der Waals surface area contributed by atoms with Gasteiger partial charge in [-0.1, -0.05) is 17.7 Å². The largest absolute Gasteiger partial charge is 0.463 e. The summed E-state index contributed by atoms with van der Waals surface area (Å²) in [6, 6.07) is 7.57. The van der Waals surface area contributed by atoms with Gasteiger partial charge in [0.05, 0.1) is 5.02 Å². The first-order valence-corrected chi connectivity index (χ1v) is 5.15. The fraction of sp³-hybridized carbons (Fsp3) is 0.167. The minimum atomic E-state index is -0.972. The lowest BCUT2D eigenvalue weighted by atomic mass is 10.1. The summed E-state index contributed by atoms with van der Waals surface area (Å²) in [5.74, 6) is 0.532. The molecular formula is C12H10ClFO2. The van der Waals surface area contributed by atoms with Crippen LogP contribution >= 0.6 is 11.6 Å². The predicted molar refractivity (Wildman–Crippen MR) is 58.9 cm³/mol. The summed E-state index contributed by atoms with van der Waals surface area (Å²) in [6.07, 6.45) is -0.972. The van der Waals surface area contributed by atoms with Crippen LogP contribution in [0.5, 0.6) is 0 Å². The van der Waals surface area contributed by atoms with Crippen molar-refractivity contribution in [2.24, 2.45) is 0 Å². The van der Waals surface area contributed by atoms with Gasteiger partial charge in [-0.15, -0.1) is 0 Å². The zero-order valence-electron chi connectivity index (χ0n) is 8.58. The lowest BCUT2D eigenvalue weighted by molar-refractivity contribution is 0.187. The topological polar surface area (TPSA) is 33.4 Å². The van der Waals surface area contributed by atoms with Crippen molar-refractivity contribution in [3.63, 3.8) is 0 Å². The van der Waals surface area contributed by atoms with Gasteiger partial charge >= 0.3 is 0 Å². The van der Waals surface area contributed by atoms with Crippen molar-refractivity contribution in [3.05, 3.63) is 58.3 Å². The highest BCUT2D eigenvalue weighted by Gasteiger charge is 2.15. The molecule has 1 N–H and O–H groups in total. The Labute approximate surface area is 97.3 Å². The molecule has 4 heteroatoms. The van der Waals surface area contributed by atoms with Gasteiger partial charge in [0.1, 0.15) is 23.4 Å². The molecule has 84 valence electrons. The average molecular weight is 241 g/mol. The van der Waals surface area contributed by atoms with Crippen LogP contribution < -0.4 is 0 Å². The highest BCUT2D eigenvalue weighted by atomic mass is 35.5. The number of rotatable bonds is 2. The van der Waals surface area contributed by atoms with Crippen molar-refractivity contribution >= 4 is 11.6 Å². The van der Waals surface area contributed by atoms with Gasteiger partial charge < -0.3 is 9.52 Å². The van der Waals surface area contributed by atoms with Crippen LogP contribution in [0.4, 0.5) is 4.39 Å². The van der Waals surface area contributed by atoms with Crippen LogP contribution in [0, 0.1) is 12.7 Å². The number of hydrogen-bond acceptors (Lipinski definition) is 2. The predicted octanol–water partition coefficient (Wildman–Crippen LogP) is 3.46. The summed E-state index contributed by atoms with van der Waals surface area (Å²) in [6.45, 7) is 1.78. The Balaban J connectivity index is 2.33. The molecule has 0 aliphatic carbocycles. The zero-order valence-corrected chi connectivity index (χ0v) is 9.33. The van der Waals surface area contributed by atoms with Crippen LogP contribution in [0.1, 0.15) is 23.2 Å². The molecule has 2 nitrogen and oxygen atoms in total. The van der Waals surface area contributed by atoms with Gasteiger partial charge in [0.25, 0.3) is 0 Å². The van der Waals surface area contributed by atoms with Crippen molar-refractivity contribution in [3.8, 4) is 0 Å². The van der Waals surface area contributed by atoms with Crippen molar-refractivity contribution in [2.75, 3.05) is 0 Å². The molecular weight excluding hydrogens is 231 g/mol. The third-order valence-corrected chi connectivity index (χ3v) is 2.60. The van der Waals surface area contributed by atoms with Gasteiger partial charge in [0.2, 0.25) is 0 Å². The van der Waals surface area contributed by atoms with Gasteiger partial charge in [-0.2, -0.15) is 0 Å². The Morgan fingerprint density at radius 3 is 2.62 bits per heavy atom. The first-order chi connectivity index (χ1) is 7.58. The molecule has 1 aromatic heterocycles. The monoisotopic (exact) mass is 240 g/mol. The fourth-order valence-corrected chi connectivity index (χ4v) is 1.56. The molecule has 0 saturated heterocycles. The maximum atomic E-state index is 13.2. The first-order valence-electron chi connectivity index (χ1n) is 4.77. The zero-order chi connectivity index (χ0) is 11.7. The summed E-state index contributed by atoms with van der Waals surface area (Å²) < 4.78 is 18.5. The van der Waals surface area contributed by atoms with Crippen LogP contribution in [0.2, 0.25) is 5.02 Å². The number of furan rings is 1. The molecule has 2 aromatic rings. The number of aliphatic hydroxyl groups is 1. The Morgan fingerprint density at radius 2 is 2.06 bits per heavy atom. The summed E-state index contributed by atoms with van der Waals surface area (Å²) >= 11 is 5.56. The number of benzene rings is 1.